The van der Waals surface area contributed by atoms with Gasteiger partial charge in [0.2, 0.25) is 10.0 Å². The summed E-state index contributed by atoms with van der Waals surface area (Å²) < 4.78 is 31.7. The van der Waals surface area contributed by atoms with Crippen molar-refractivity contribution in [1.29, 1.82) is 0 Å². The maximum Gasteiger partial charge on any atom is 0.258 e. The number of amides is 2. The van der Waals surface area contributed by atoms with Crippen molar-refractivity contribution in [2.45, 2.75) is 18.4 Å². The van der Waals surface area contributed by atoms with Crippen LogP contribution in [0.3, 0.4) is 0 Å². The minimum absolute atomic E-state index is 0.0218. The summed E-state index contributed by atoms with van der Waals surface area (Å²) in [6, 6.07) is 5.62. The average Bonchev–Trinajstić information content (AvgIpc) is 3.13. The fraction of sp³-hybridized carbons (Fsp3) is 0.200. The number of hydrogen-bond donors (Lipinski definition) is 1. The van der Waals surface area contributed by atoms with E-state index in [9.17, 15) is 18.0 Å². The van der Waals surface area contributed by atoms with E-state index in [2.05, 4.69) is 5.32 Å². The monoisotopic (exact) mass is 334 g/mol. The molecule has 0 unspecified atom stereocenters. The molecule has 0 saturated heterocycles. The highest BCUT2D eigenvalue weighted by molar-refractivity contribution is 7.89. The summed E-state index contributed by atoms with van der Waals surface area (Å²) in [5.41, 5.74) is 0.992. The predicted octanol–water partition coefficient (Wildman–Crippen LogP) is 1.37. The van der Waals surface area contributed by atoms with E-state index in [-0.39, 0.29) is 29.1 Å². The van der Waals surface area contributed by atoms with Gasteiger partial charge in [-0.3, -0.25) is 14.9 Å². The van der Waals surface area contributed by atoms with Crippen molar-refractivity contribution in [2.24, 2.45) is 0 Å². The topological polar surface area (TPSA) is 96.7 Å². The third-order valence-electron chi connectivity index (χ3n) is 3.64. The van der Waals surface area contributed by atoms with Crippen molar-refractivity contribution in [2.75, 3.05) is 6.54 Å². The van der Waals surface area contributed by atoms with E-state index in [1.807, 2.05) is 0 Å². The Morgan fingerprint density at radius 1 is 1.13 bits per heavy atom. The molecule has 1 aromatic carbocycles. The second-order valence-electron chi connectivity index (χ2n) is 5.05. The van der Waals surface area contributed by atoms with Crippen LogP contribution in [-0.2, 0) is 16.6 Å². The first kappa shape index (κ1) is 15.4. The molecule has 1 aliphatic heterocycles. The van der Waals surface area contributed by atoms with Gasteiger partial charge in [0, 0.05) is 18.7 Å². The van der Waals surface area contributed by atoms with Crippen molar-refractivity contribution in [1.82, 2.24) is 9.62 Å². The molecule has 7 nitrogen and oxygen atoms in total. The summed E-state index contributed by atoms with van der Waals surface area (Å²) >= 11 is 0. The molecule has 120 valence electrons. The molecular formula is C15H14N2O5S. The van der Waals surface area contributed by atoms with Crippen LogP contribution in [0.1, 0.15) is 33.2 Å². The van der Waals surface area contributed by atoms with E-state index in [0.717, 1.165) is 5.56 Å². The standard InChI is InChI=1S/C15H14N2O5S/c1-2-17(8-10-5-6-22-9-10)23(20,21)11-3-4-12-13(7-11)15(19)16-14(12)18/h3-7,9H,2,8H2,1H3,(H,16,18,19). The molecule has 1 N–H and O–H groups in total. The van der Waals surface area contributed by atoms with E-state index < -0.39 is 21.8 Å². The van der Waals surface area contributed by atoms with Gasteiger partial charge < -0.3 is 4.42 Å². The Bertz CT molecular complexity index is 871. The number of carbonyl (C=O) groups excluding carboxylic acids is 2. The quantitative estimate of drug-likeness (QED) is 0.833. The lowest BCUT2D eigenvalue weighted by Crippen LogP contribution is -2.30. The van der Waals surface area contributed by atoms with E-state index in [1.54, 1.807) is 13.0 Å². The molecule has 2 amide bonds. The molecule has 2 heterocycles. The van der Waals surface area contributed by atoms with Gasteiger partial charge in [-0.1, -0.05) is 6.92 Å². The highest BCUT2D eigenvalue weighted by atomic mass is 32.2. The van der Waals surface area contributed by atoms with Gasteiger partial charge in [-0.25, -0.2) is 8.42 Å². The number of benzene rings is 1. The smallest absolute Gasteiger partial charge is 0.258 e. The summed E-state index contributed by atoms with van der Waals surface area (Å²) in [6.45, 7) is 2.15. The van der Waals surface area contributed by atoms with Crippen molar-refractivity contribution in [3.63, 3.8) is 0 Å². The lowest BCUT2D eigenvalue weighted by Gasteiger charge is -2.20. The van der Waals surface area contributed by atoms with Crippen LogP contribution in [0.2, 0.25) is 0 Å². The Labute approximate surface area is 132 Å². The number of imide groups is 1. The third-order valence-corrected chi connectivity index (χ3v) is 5.55. The Morgan fingerprint density at radius 2 is 1.87 bits per heavy atom. The van der Waals surface area contributed by atoms with Gasteiger partial charge in [-0.2, -0.15) is 4.31 Å². The Hall–Kier alpha value is -2.45. The van der Waals surface area contributed by atoms with E-state index >= 15 is 0 Å². The second kappa shape index (κ2) is 5.64. The van der Waals surface area contributed by atoms with Crippen molar-refractivity contribution < 1.29 is 22.4 Å². The van der Waals surface area contributed by atoms with Crippen LogP contribution in [0.4, 0.5) is 0 Å². The lowest BCUT2D eigenvalue weighted by atomic mass is 10.1. The van der Waals surface area contributed by atoms with E-state index in [0.29, 0.717) is 0 Å². The van der Waals surface area contributed by atoms with Crippen LogP contribution in [0.15, 0.2) is 46.1 Å². The van der Waals surface area contributed by atoms with Gasteiger partial charge in [0.05, 0.1) is 28.5 Å². The minimum atomic E-state index is -3.79. The van der Waals surface area contributed by atoms with Crippen LogP contribution in [0, 0.1) is 0 Å². The first-order chi connectivity index (χ1) is 10.9. The van der Waals surface area contributed by atoms with Crippen LogP contribution >= 0.6 is 0 Å². The van der Waals surface area contributed by atoms with Gasteiger partial charge in [-0.05, 0) is 24.3 Å². The fourth-order valence-electron chi connectivity index (χ4n) is 2.41. The zero-order chi connectivity index (χ0) is 16.6. The highest BCUT2D eigenvalue weighted by Gasteiger charge is 2.30. The number of furan rings is 1. The lowest BCUT2D eigenvalue weighted by molar-refractivity contribution is 0.0879. The molecule has 0 atom stereocenters. The van der Waals surface area contributed by atoms with Gasteiger partial charge in [0.1, 0.15) is 0 Å². The predicted molar refractivity (Wildman–Crippen MR) is 80.2 cm³/mol. The van der Waals surface area contributed by atoms with Crippen LogP contribution < -0.4 is 5.32 Å². The van der Waals surface area contributed by atoms with Gasteiger partial charge in [-0.15, -0.1) is 0 Å². The van der Waals surface area contributed by atoms with E-state index in [1.165, 1.54) is 35.0 Å². The molecule has 8 heteroatoms. The third kappa shape index (κ3) is 2.66. The summed E-state index contributed by atoms with van der Waals surface area (Å²) in [5, 5.41) is 2.14. The Balaban J connectivity index is 1.97. The molecule has 0 aliphatic carbocycles. The average molecular weight is 334 g/mol. The normalized spacial score (nSPS) is 14.2. The number of nitrogens with zero attached hydrogens (tertiary/aromatic N) is 1. The first-order valence-corrected chi connectivity index (χ1v) is 8.38. The largest absolute Gasteiger partial charge is 0.472 e. The Morgan fingerprint density at radius 3 is 2.52 bits per heavy atom. The molecule has 0 bridgehead atoms. The van der Waals surface area contributed by atoms with Crippen molar-refractivity contribution in [3.8, 4) is 0 Å². The van der Waals surface area contributed by atoms with Crippen LogP contribution in [0.5, 0.6) is 0 Å². The summed E-state index contributed by atoms with van der Waals surface area (Å²) in [5.74, 6) is -1.10. The zero-order valence-corrected chi connectivity index (χ0v) is 13.1. The molecule has 1 aliphatic rings. The number of nitrogens with one attached hydrogen (secondary N) is 1. The van der Waals surface area contributed by atoms with Gasteiger partial charge in [0.25, 0.3) is 11.8 Å². The number of hydrogen-bond acceptors (Lipinski definition) is 5. The molecule has 0 fully saturated rings. The zero-order valence-electron chi connectivity index (χ0n) is 12.3. The first-order valence-electron chi connectivity index (χ1n) is 6.94. The van der Waals surface area contributed by atoms with Crippen molar-refractivity contribution >= 4 is 21.8 Å². The molecule has 0 saturated carbocycles. The molecule has 1 aromatic heterocycles. The number of rotatable bonds is 5. The summed E-state index contributed by atoms with van der Waals surface area (Å²) in [6.07, 6.45) is 2.95. The molecule has 0 radical (unpaired) electrons. The summed E-state index contributed by atoms with van der Waals surface area (Å²) in [4.78, 5) is 23.2. The maximum absolute atomic E-state index is 12.8. The maximum atomic E-state index is 12.8. The minimum Gasteiger partial charge on any atom is -0.472 e. The van der Waals surface area contributed by atoms with Crippen LogP contribution in [0.25, 0.3) is 0 Å². The van der Waals surface area contributed by atoms with Crippen molar-refractivity contribution in [3.05, 3.63) is 53.5 Å². The van der Waals surface area contributed by atoms with E-state index in [4.69, 9.17) is 4.42 Å². The van der Waals surface area contributed by atoms with Gasteiger partial charge >= 0.3 is 0 Å². The highest BCUT2D eigenvalue weighted by Crippen LogP contribution is 2.24. The SMILES string of the molecule is CCN(Cc1ccoc1)S(=O)(=O)c1ccc2c(c1)C(=O)NC2=O. The molecule has 2 aromatic rings. The number of fused-ring (bicyclic) bond motifs is 1. The molecule has 23 heavy (non-hydrogen) atoms. The molecular weight excluding hydrogens is 320 g/mol. The fourth-order valence-corrected chi connectivity index (χ4v) is 3.87. The number of sulfonamides is 1. The second-order valence-corrected chi connectivity index (χ2v) is 6.99. The summed E-state index contributed by atoms with van der Waals surface area (Å²) in [7, 11) is -3.79. The molecule has 3 rings (SSSR count). The molecule has 0 spiro atoms. The Kier molecular flexibility index (Phi) is 3.78. The van der Waals surface area contributed by atoms with Crippen LogP contribution in [-0.4, -0.2) is 31.1 Å². The van der Waals surface area contributed by atoms with Gasteiger partial charge in [0.15, 0.2) is 0 Å². The number of carbonyl (C=O) groups is 2.